The molecular weight excluding hydrogens is 158 g/mol. The highest BCUT2D eigenvalue weighted by Crippen LogP contribution is 2.01. The third kappa shape index (κ3) is 0.795. The molecule has 5 nitrogen and oxygen atoms in total. The lowest BCUT2D eigenvalue weighted by Crippen LogP contribution is -2.11. The Balaban J connectivity index is 3.06. The highest BCUT2D eigenvalue weighted by molar-refractivity contribution is 5.73. The van der Waals surface area contributed by atoms with Crippen LogP contribution in [0.5, 0.6) is 0 Å². The highest BCUT2D eigenvalue weighted by Gasteiger charge is 2.01. The van der Waals surface area contributed by atoms with Crippen LogP contribution < -0.4 is 11.2 Å². The molecule has 0 aliphatic rings. The second-order valence-corrected chi connectivity index (χ2v) is 2.59. The lowest BCUT2D eigenvalue weighted by atomic mass is 10.4. The van der Waals surface area contributed by atoms with Gasteiger partial charge in [-0.25, -0.2) is 4.79 Å². The van der Waals surface area contributed by atoms with Crippen molar-refractivity contribution >= 4 is 11.0 Å². The van der Waals surface area contributed by atoms with E-state index < -0.39 is 0 Å². The smallest absolute Gasteiger partial charge is 0.326 e. The van der Waals surface area contributed by atoms with E-state index in [-0.39, 0.29) is 11.2 Å². The van der Waals surface area contributed by atoms with Crippen molar-refractivity contribution in [2.45, 2.75) is 0 Å². The molecule has 2 aromatic rings. The zero-order valence-electron chi connectivity index (χ0n) is 6.42. The minimum atomic E-state index is -0.219. The van der Waals surface area contributed by atoms with Gasteiger partial charge in [-0.1, -0.05) is 0 Å². The van der Waals surface area contributed by atoms with Gasteiger partial charge in [0.2, 0.25) is 5.56 Å². The molecule has 0 saturated heterocycles. The van der Waals surface area contributed by atoms with Crippen LogP contribution in [0.2, 0.25) is 0 Å². The quantitative estimate of drug-likeness (QED) is 0.555. The summed E-state index contributed by atoms with van der Waals surface area (Å²) in [5, 5.41) is 0. The van der Waals surface area contributed by atoms with Crippen molar-refractivity contribution in [3.05, 3.63) is 33.1 Å². The topological polar surface area (TPSA) is 70.7 Å². The first-order valence-corrected chi connectivity index (χ1v) is 3.46. The molecule has 62 valence electrons. The summed E-state index contributed by atoms with van der Waals surface area (Å²) in [6, 6.07) is 1.36. The predicted molar refractivity (Wildman–Crippen MR) is 44.2 cm³/mol. The monoisotopic (exact) mass is 165 g/mol. The Morgan fingerprint density at radius 2 is 2.17 bits per heavy atom. The molecule has 0 bridgehead atoms. The van der Waals surface area contributed by atoms with Crippen LogP contribution in [0.4, 0.5) is 0 Å². The molecule has 0 aliphatic heterocycles. The molecule has 0 amide bonds. The zero-order valence-corrected chi connectivity index (χ0v) is 6.42. The van der Waals surface area contributed by atoms with Crippen molar-refractivity contribution in [3.63, 3.8) is 0 Å². The molecule has 5 heteroatoms. The Labute approximate surface area is 66.7 Å². The predicted octanol–water partition coefficient (Wildman–Crippen LogP) is -0.445. The summed E-state index contributed by atoms with van der Waals surface area (Å²) in [5.41, 5.74) is 0.819. The molecule has 0 unspecified atom stereocenters. The van der Waals surface area contributed by atoms with Gasteiger partial charge in [0.15, 0.2) is 0 Å². The van der Waals surface area contributed by atoms with Gasteiger partial charge in [-0.15, -0.1) is 0 Å². The van der Waals surface area contributed by atoms with Crippen molar-refractivity contribution in [2.75, 3.05) is 0 Å². The highest BCUT2D eigenvalue weighted by atomic mass is 16.1. The summed E-state index contributed by atoms with van der Waals surface area (Å²) in [7, 11) is 1.64. The summed E-state index contributed by atoms with van der Waals surface area (Å²) in [6.45, 7) is 0. The van der Waals surface area contributed by atoms with Crippen molar-refractivity contribution in [1.82, 2.24) is 14.5 Å². The van der Waals surface area contributed by atoms with Crippen LogP contribution in [0.1, 0.15) is 0 Å². The molecule has 0 spiro atoms. The van der Waals surface area contributed by atoms with Crippen LogP contribution in [0.15, 0.2) is 21.9 Å². The average molecular weight is 165 g/mol. The first-order valence-electron chi connectivity index (χ1n) is 3.46. The van der Waals surface area contributed by atoms with Gasteiger partial charge in [0, 0.05) is 19.3 Å². The van der Waals surface area contributed by atoms with Crippen LogP contribution >= 0.6 is 0 Å². The van der Waals surface area contributed by atoms with E-state index in [1.807, 2.05) is 0 Å². The maximum atomic E-state index is 11.0. The summed E-state index contributed by atoms with van der Waals surface area (Å²) < 4.78 is 1.44. The van der Waals surface area contributed by atoms with E-state index in [0.29, 0.717) is 11.0 Å². The average Bonchev–Trinajstić information content (AvgIpc) is 2.28. The number of imidazole rings is 1. The van der Waals surface area contributed by atoms with E-state index in [2.05, 4.69) is 9.97 Å². The first kappa shape index (κ1) is 6.90. The number of H-pyrrole nitrogens is 2. The second kappa shape index (κ2) is 2.10. The summed E-state index contributed by atoms with van der Waals surface area (Å²) >= 11 is 0. The largest absolute Gasteiger partial charge is 0.327 e. The van der Waals surface area contributed by atoms with Gasteiger partial charge in [0.1, 0.15) is 0 Å². The number of pyridine rings is 1. The number of aromatic nitrogens is 3. The Morgan fingerprint density at radius 3 is 2.92 bits per heavy atom. The molecule has 0 fully saturated rings. The number of rotatable bonds is 0. The normalized spacial score (nSPS) is 10.8. The van der Waals surface area contributed by atoms with E-state index in [9.17, 15) is 9.59 Å². The van der Waals surface area contributed by atoms with Crippen molar-refractivity contribution in [3.8, 4) is 0 Å². The number of nitrogens with one attached hydrogen (secondary N) is 2. The number of fused-ring (bicyclic) bond motifs is 1. The standard InChI is InChI=1S/C7H7N3O2/c1-10-5-3-8-6(11)2-4(5)9-7(10)12/h2-3H,1H3,(H,8,11)(H,9,12). The van der Waals surface area contributed by atoms with Gasteiger partial charge < -0.3 is 9.97 Å². The molecule has 0 radical (unpaired) electrons. The van der Waals surface area contributed by atoms with Gasteiger partial charge in [-0.05, 0) is 0 Å². The van der Waals surface area contributed by atoms with Gasteiger partial charge in [0.05, 0.1) is 11.0 Å². The minimum Gasteiger partial charge on any atom is -0.327 e. The summed E-state index contributed by atoms with van der Waals surface area (Å²) in [5.74, 6) is 0. The van der Waals surface area contributed by atoms with E-state index >= 15 is 0 Å². The third-order valence-corrected chi connectivity index (χ3v) is 1.81. The van der Waals surface area contributed by atoms with Crippen LogP contribution in [0.25, 0.3) is 11.0 Å². The van der Waals surface area contributed by atoms with Gasteiger partial charge in [0.25, 0.3) is 0 Å². The number of aromatic amines is 2. The minimum absolute atomic E-state index is 0.218. The van der Waals surface area contributed by atoms with E-state index in [0.717, 1.165) is 0 Å². The van der Waals surface area contributed by atoms with Crippen LogP contribution in [-0.2, 0) is 7.05 Å². The van der Waals surface area contributed by atoms with E-state index in [1.165, 1.54) is 16.8 Å². The molecule has 2 aromatic heterocycles. The molecule has 2 rings (SSSR count). The second-order valence-electron chi connectivity index (χ2n) is 2.59. The fraction of sp³-hybridized carbons (Fsp3) is 0.143. The molecule has 0 saturated carbocycles. The van der Waals surface area contributed by atoms with Gasteiger partial charge in [-0.2, -0.15) is 0 Å². The van der Waals surface area contributed by atoms with Crippen molar-refractivity contribution in [2.24, 2.45) is 7.05 Å². The Morgan fingerprint density at radius 1 is 1.42 bits per heavy atom. The number of hydrogen-bond acceptors (Lipinski definition) is 2. The van der Waals surface area contributed by atoms with Crippen LogP contribution in [-0.4, -0.2) is 14.5 Å². The van der Waals surface area contributed by atoms with Crippen molar-refractivity contribution in [1.29, 1.82) is 0 Å². The molecule has 0 aliphatic carbocycles. The van der Waals surface area contributed by atoms with Crippen molar-refractivity contribution < 1.29 is 0 Å². The lowest BCUT2D eigenvalue weighted by Gasteiger charge is -1.89. The van der Waals surface area contributed by atoms with Crippen LogP contribution in [0, 0.1) is 0 Å². The fourth-order valence-corrected chi connectivity index (χ4v) is 1.15. The third-order valence-electron chi connectivity index (χ3n) is 1.81. The summed E-state index contributed by atoms with van der Waals surface area (Å²) in [4.78, 5) is 26.9. The lowest BCUT2D eigenvalue weighted by molar-refractivity contribution is 0.889. The molecule has 12 heavy (non-hydrogen) atoms. The molecule has 0 atom stereocenters. The fourth-order valence-electron chi connectivity index (χ4n) is 1.15. The Bertz CT molecular complexity index is 531. The molecule has 2 N–H and O–H groups in total. The Hall–Kier alpha value is -1.78. The molecular formula is C7H7N3O2. The first-order chi connectivity index (χ1) is 5.68. The molecule has 2 heterocycles. The maximum Gasteiger partial charge on any atom is 0.326 e. The summed E-state index contributed by atoms with van der Waals surface area (Å²) in [6.07, 6.45) is 1.51. The van der Waals surface area contributed by atoms with E-state index in [1.54, 1.807) is 7.05 Å². The van der Waals surface area contributed by atoms with Gasteiger partial charge >= 0.3 is 5.69 Å². The Kier molecular flexibility index (Phi) is 1.21. The SMILES string of the molecule is Cn1c(=O)[nH]c2cc(=O)[nH]cc21. The number of hydrogen-bond donors (Lipinski definition) is 2. The van der Waals surface area contributed by atoms with Crippen LogP contribution in [0.3, 0.4) is 0 Å². The number of nitrogens with zero attached hydrogens (tertiary/aromatic N) is 1. The number of aryl methyl sites for hydroxylation is 1. The van der Waals surface area contributed by atoms with E-state index in [4.69, 9.17) is 0 Å². The zero-order chi connectivity index (χ0) is 8.72. The maximum absolute atomic E-state index is 11.0. The molecule has 0 aromatic carbocycles. The van der Waals surface area contributed by atoms with Gasteiger partial charge in [-0.3, -0.25) is 9.36 Å².